The van der Waals surface area contributed by atoms with Crippen LogP contribution in [0.5, 0.6) is 5.75 Å². The lowest BCUT2D eigenvalue weighted by molar-refractivity contribution is -0.132. The highest BCUT2D eigenvalue weighted by atomic mass is 35.5. The molecule has 0 aliphatic carbocycles. The SMILES string of the molecule is CC(C)N1c2c(cc(C(=O)Nc3ccc(OC(F)(F)Cl)cc3)cc2-c2ccn[nH]2)CC1C(=O)N1CCS(=O)(=O)CC1. The first-order valence-corrected chi connectivity index (χ1v) is 15.1. The summed E-state index contributed by atoms with van der Waals surface area (Å²) in [4.78, 5) is 30.6. The Morgan fingerprint density at radius 2 is 1.83 bits per heavy atom. The van der Waals surface area contributed by atoms with Crippen LogP contribution >= 0.6 is 11.6 Å². The molecular formula is C27H28ClF2N5O5S. The van der Waals surface area contributed by atoms with Gasteiger partial charge in [-0.25, -0.2) is 8.42 Å². The van der Waals surface area contributed by atoms with Crippen molar-refractivity contribution in [1.29, 1.82) is 0 Å². The molecule has 1 atom stereocenters. The zero-order valence-corrected chi connectivity index (χ0v) is 23.8. The van der Waals surface area contributed by atoms with Gasteiger partial charge in [-0.05, 0) is 61.9 Å². The van der Waals surface area contributed by atoms with Crippen molar-refractivity contribution >= 4 is 44.6 Å². The van der Waals surface area contributed by atoms with Gasteiger partial charge in [0.1, 0.15) is 11.8 Å². The molecule has 2 aliphatic rings. The normalized spacial score (nSPS) is 18.3. The molecule has 0 spiro atoms. The highest BCUT2D eigenvalue weighted by Gasteiger charge is 2.41. The number of nitrogens with zero attached hydrogens (tertiary/aromatic N) is 3. The Morgan fingerprint density at radius 3 is 2.41 bits per heavy atom. The van der Waals surface area contributed by atoms with Crippen molar-refractivity contribution in [2.75, 3.05) is 34.8 Å². The number of hydrogen-bond acceptors (Lipinski definition) is 7. The molecular weight excluding hydrogens is 580 g/mol. The molecule has 2 amide bonds. The van der Waals surface area contributed by atoms with E-state index in [4.69, 9.17) is 11.6 Å². The highest BCUT2D eigenvalue weighted by Crippen LogP contribution is 2.43. The van der Waals surface area contributed by atoms with E-state index in [0.29, 0.717) is 28.9 Å². The summed E-state index contributed by atoms with van der Waals surface area (Å²) in [5.41, 5.74) is -0.264. The second-order valence-electron chi connectivity index (χ2n) is 10.2. The van der Waals surface area contributed by atoms with E-state index in [-0.39, 0.29) is 42.3 Å². The number of carbonyl (C=O) groups is 2. The van der Waals surface area contributed by atoms with Crippen LogP contribution < -0.4 is 15.0 Å². The lowest BCUT2D eigenvalue weighted by Gasteiger charge is -2.36. The predicted molar refractivity (Wildman–Crippen MR) is 150 cm³/mol. The van der Waals surface area contributed by atoms with E-state index < -0.39 is 27.4 Å². The van der Waals surface area contributed by atoms with Gasteiger partial charge in [-0.1, -0.05) is 0 Å². The van der Waals surface area contributed by atoms with E-state index in [2.05, 4.69) is 20.3 Å². The summed E-state index contributed by atoms with van der Waals surface area (Å²) in [5, 5.41) is 9.76. The Labute approximate surface area is 240 Å². The number of benzene rings is 2. The number of amides is 2. The highest BCUT2D eigenvalue weighted by molar-refractivity contribution is 7.91. The fourth-order valence-electron chi connectivity index (χ4n) is 5.27. The summed E-state index contributed by atoms with van der Waals surface area (Å²) in [5.74, 6) is -0.901. The van der Waals surface area contributed by atoms with E-state index in [1.807, 2.05) is 18.7 Å². The van der Waals surface area contributed by atoms with Crippen molar-refractivity contribution in [3.05, 3.63) is 59.8 Å². The summed E-state index contributed by atoms with van der Waals surface area (Å²) in [6, 6.07) is 9.90. The van der Waals surface area contributed by atoms with E-state index in [9.17, 15) is 26.8 Å². The minimum absolute atomic E-state index is 0.0643. The van der Waals surface area contributed by atoms with E-state index in [0.717, 1.165) is 11.3 Å². The Hall–Kier alpha value is -3.71. The molecule has 1 aromatic heterocycles. The van der Waals surface area contributed by atoms with Gasteiger partial charge in [-0.15, -0.1) is 8.78 Å². The first-order chi connectivity index (χ1) is 19.3. The molecule has 218 valence electrons. The van der Waals surface area contributed by atoms with Crippen LogP contribution in [0, 0.1) is 0 Å². The van der Waals surface area contributed by atoms with E-state index in [1.54, 1.807) is 29.3 Å². The quantitative estimate of drug-likeness (QED) is 0.391. The molecule has 3 heterocycles. The third-order valence-electron chi connectivity index (χ3n) is 7.09. The summed E-state index contributed by atoms with van der Waals surface area (Å²) in [6.07, 6.45) is 1.92. The van der Waals surface area contributed by atoms with Gasteiger partial charge in [-0.2, -0.15) is 5.10 Å². The van der Waals surface area contributed by atoms with Crippen LogP contribution in [0.15, 0.2) is 48.7 Å². The van der Waals surface area contributed by atoms with Crippen LogP contribution in [0.25, 0.3) is 11.3 Å². The molecule has 14 heteroatoms. The third-order valence-corrected chi connectivity index (χ3v) is 8.78. The summed E-state index contributed by atoms with van der Waals surface area (Å²) >= 11 is 4.81. The van der Waals surface area contributed by atoms with Crippen molar-refractivity contribution < 1.29 is 31.5 Å². The summed E-state index contributed by atoms with van der Waals surface area (Å²) in [7, 11) is -3.15. The first kappa shape index (κ1) is 28.8. The number of anilines is 2. The molecule has 2 aliphatic heterocycles. The van der Waals surface area contributed by atoms with Crippen molar-refractivity contribution in [3.63, 3.8) is 0 Å². The number of sulfone groups is 1. The summed E-state index contributed by atoms with van der Waals surface area (Å²) < 4.78 is 54.0. The molecule has 3 aromatic rings. The van der Waals surface area contributed by atoms with Gasteiger partial charge in [0.05, 0.1) is 22.9 Å². The Morgan fingerprint density at radius 1 is 1.15 bits per heavy atom. The number of carbonyl (C=O) groups excluding carboxylic acids is 2. The van der Waals surface area contributed by atoms with Gasteiger partial charge in [0.15, 0.2) is 9.84 Å². The fourth-order valence-corrected chi connectivity index (χ4v) is 6.56. The number of ether oxygens (including phenoxy) is 1. The van der Waals surface area contributed by atoms with Crippen LogP contribution in [0.3, 0.4) is 0 Å². The fraction of sp³-hybridized carbons (Fsp3) is 0.370. The molecule has 1 fully saturated rings. The average molecular weight is 608 g/mol. The average Bonchev–Trinajstić information content (AvgIpc) is 3.56. The number of alkyl halides is 3. The number of H-pyrrole nitrogens is 1. The zero-order valence-electron chi connectivity index (χ0n) is 22.2. The Bertz CT molecular complexity index is 1550. The minimum atomic E-state index is -3.85. The van der Waals surface area contributed by atoms with Gasteiger partial charge in [0.2, 0.25) is 5.91 Å². The maximum Gasteiger partial charge on any atom is 0.487 e. The predicted octanol–water partition coefficient (Wildman–Crippen LogP) is 3.89. The summed E-state index contributed by atoms with van der Waals surface area (Å²) in [6.45, 7) is 4.24. The number of aromatic nitrogens is 2. The van der Waals surface area contributed by atoms with Crippen LogP contribution in [0.4, 0.5) is 20.2 Å². The monoisotopic (exact) mass is 607 g/mol. The van der Waals surface area contributed by atoms with Gasteiger partial charge in [0, 0.05) is 60.2 Å². The molecule has 0 saturated carbocycles. The van der Waals surface area contributed by atoms with Crippen molar-refractivity contribution in [2.24, 2.45) is 0 Å². The van der Waals surface area contributed by atoms with Crippen molar-refractivity contribution in [2.45, 2.75) is 37.9 Å². The van der Waals surface area contributed by atoms with Crippen molar-refractivity contribution in [3.8, 4) is 17.0 Å². The number of fused-ring (bicyclic) bond motifs is 1. The molecule has 41 heavy (non-hydrogen) atoms. The largest absolute Gasteiger partial charge is 0.487 e. The maximum absolute atomic E-state index is 13.7. The Balaban J connectivity index is 1.45. The number of halogens is 3. The number of nitrogens with one attached hydrogen (secondary N) is 2. The standard InChI is InChI=1S/C27H28ClF2N5O5S/c1-16(2)35-23(26(37)34-9-11-41(38,39)12-10-34)15-17-13-18(14-21(24(17)35)22-7-8-31-33-22)25(36)32-19-3-5-20(6-4-19)40-27(28,29)30/h3-8,13-14,16,23H,9-12,15H2,1-2H3,(H,31,33)(H,32,36). The van der Waals surface area contributed by atoms with Crippen LogP contribution in [0.1, 0.15) is 29.8 Å². The molecule has 2 N–H and O–H groups in total. The second kappa shape index (κ2) is 10.9. The molecule has 0 bridgehead atoms. The van der Waals surface area contributed by atoms with Crippen molar-refractivity contribution in [1.82, 2.24) is 15.1 Å². The smallest absolute Gasteiger partial charge is 0.420 e. The van der Waals surface area contributed by atoms with Crippen LogP contribution in [0.2, 0.25) is 0 Å². The number of aromatic amines is 1. The lowest BCUT2D eigenvalue weighted by atomic mass is 9.99. The van der Waals surface area contributed by atoms with Gasteiger partial charge in [-0.3, -0.25) is 14.7 Å². The zero-order chi connectivity index (χ0) is 29.5. The second-order valence-corrected chi connectivity index (χ2v) is 13.0. The first-order valence-electron chi connectivity index (χ1n) is 12.9. The number of hydrogen-bond donors (Lipinski definition) is 2. The topological polar surface area (TPSA) is 125 Å². The lowest BCUT2D eigenvalue weighted by Crippen LogP contribution is -2.53. The molecule has 1 saturated heterocycles. The van der Waals surface area contributed by atoms with Gasteiger partial charge in [0.25, 0.3) is 5.91 Å². The molecule has 2 aromatic carbocycles. The molecule has 0 radical (unpaired) electrons. The molecule has 1 unspecified atom stereocenters. The maximum atomic E-state index is 13.7. The van der Waals surface area contributed by atoms with E-state index >= 15 is 0 Å². The number of rotatable bonds is 7. The third kappa shape index (κ3) is 6.30. The Kier molecular flexibility index (Phi) is 7.68. The molecule has 5 rings (SSSR count). The minimum Gasteiger partial charge on any atom is -0.420 e. The van der Waals surface area contributed by atoms with Crippen LogP contribution in [-0.2, 0) is 21.1 Å². The van der Waals surface area contributed by atoms with Gasteiger partial charge < -0.3 is 19.9 Å². The molecule has 10 nitrogen and oxygen atoms in total. The van der Waals surface area contributed by atoms with E-state index in [1.165, 1.54) is 24.3 Å². The van der Waals surface area contributed by atoms with Crippen LogP contribution in [-0.4, -0.2) is 77.6 Å². The van der Waals surface area contributed by atoms with Gasteiger partial charge >= 0.3 is 5.57 Å².